The zero-order valence-electron chi connectivity index (χ0n) is 7.46. The number of thiol groups is 1. The summed E-state index contributed by atoms with van der Waals surface area (Å²) in [5.74, 6) is 0.440. The van der Waals surface area contributed by atoms with E-state index < -0.39 is 0 Å². The summed E-state index contributed by atoms with van der Waals surface area (Å²) in [6.45, 7) is 0. The molecule has 0 heterocycles. The minimum atomic E-state index is -0.0826. The SMILES string of the molecule is Nc1ccc(NC(=O)CCS)cc1Cl. The Hall–Kier alpha value is -0.870. The first-order valence-corrected chi connectivity index (χ1v) is 5.10. The normalized spacial score (nSPS) is 9.86. The second-order valence-corrected chi connectivity index (χ2v) is 3.61. The lowest BCUT2D eigenvalue weighted by Gasteiger charge is -2.05. The molecule has 0 aliphatic rings. The van der Waals surface area contributed by atoms with Crippen molar-refractivity contribution in [2.45, 2.75) is 6.42 Å². The van der Waals surface area contributed by atoms with Crippen molar-refractivity contribution in [1.82, 2.24) is 0 Å². The number of halogens is 1. The molecule has 76 valence electrons. The molecule has 0 fully saturated rings. The molecule has 0 aromatic heterocycles. The first kappa shape index (κ1) is 11.2. The predicted octanol–water partition coefficient (Wildman–Crippen LogP) is 2.18. The second kappa shape index (κ2) is 5.12. The van der Waals surface area contributed by atoms with Crippen LogP contribution in [0.5, 0.6) is 0 Å². The molecule has 0 atom stereocenters. The smallest absolute Gasteiger partial charge is 0.225 e. The summed E-state index contributed by atoms with van der Waals surface area (Å²) in [4.78, 5) is 11.2. The van der Waals surface area contributed by atoms with Crippen molar-refractivity contribution in [1.29, 1.82) is 0 Å². The largest absolute Gasteiger partial charge is 0.398 e. The molecule has 5 heteroatoms. The third-order valence-corrected chi connectivity index (χ3v) is 2.17. The molecular weight excluding hydrogens is 220 g/mol. The molecule has 0 radical (unpaired) electrons. The van der Waals surface area contributed by atoms with E-state index in [0.717, 1.165) is 0 Å². The molecular formula is C9H11ClN2OS. The minimum Gasteiger partial charge on any atom is -0.398 e. The van der Waals surface area contributed by atoms with Gasteiger partial charge in [-0.15, -0.1) is 0 Å². The highest BCUT2D eigenvalue weighted by atomic mass is 35.5. The standard InChI is InChI=1S/C9H11ClN2OS/c10-7-5-6(1-2-8(7)11)12-9(13)3-4-14/h1-2,5,14H,3-4,11H2,(H,12,13). The fourth-order valence-electron chi connectivity index (χ4n) is 0.930. The molecule has 0 saturated heterocycles. The monoisotopic (exact) mass is 230 g/mol. The van der Waals surface area contributed by atoms with E-state index in [1.807, 2.05) is 0 Å². The Kier molecular flexibility index (Phi) is 4.10. The quantitative estimate of drug-likeness (QED) is 0.551. The lowest BCUT2D eigenvalue weighted by atomic mass is 10.3. The molecule has 14 heavy (non-hydrogen) atoms. The predicted molar refractivity (Wildman–Crippen MR) is 63.0 cm³/mol. The van der Waals surface area contributed by atoms with Crippen molar-refractivity contribution in [3.8, 4) is 0 Å². The summed E-state index contributed by atoms with van der Waals surface area (Å²) in [5.41, 5.74) is 6.67. The summed E-state index contributed by atoms with van der Waals surface area (Å²) in [5, 5.41) is 3.12. The molecule has 0 saturated carbocycles. The van der Waals surface area contributed by atoms with E-state index in [2.05, 4.69) is 17.9 Å². The van der Waals surface area contributed by atoms with E-state index in [1.54, 1.807) is 18.2 Å². The van der Waals surface area contributed by atoms with Crippen LogP contribution in [0.2, 0.25) is 5.02 Å². The number of hydrogen-bond acceptors (Lipinski definition) is 3. The Morgan fingerprint density at radius 1 is 1.57 bits per heavy atom. The van der Waals surface area contributed by atoms with Gasteiger partial charge >= 0.3 is 0 Å². The number of carbonyl (C=O) groups excluding carboxylic acids is 1. The van der Waals surface area contributed by atoms with E-state index in [9.17, 15) is 4.79 Å². The third kappa shape index (κ3) is 3.12. The molecule has 1 aromatic carbocycles. The van der Waals surface area contributed by atoms with Gasteiger partial charge in [-0.1, -0.05) is 11.6 Å². The number of benzene rings is 1. The Morgan fingerprint density at radius 3 is 2.86 bits per heavy atom. The molecule has 1 rings (SSSR count). The van der Waals surface area contributed by atoms with Gasteiger partial charge in [-0.05, 0) is 24.0 Å². The van der Waals surface area contributed by atoms with Crippen molar-refractivity contribution in [3.63, 3.8) is 0 Å². The Labute approximate surface area is 93.0 Å². The van der Waals surface area contributed by atoms with Gasteiger partial charge in [0.15, 0.2) is 0 Å². The lowest BCUT2D eigenvalue weighted by molar-refractivity contribution is -0.115. The maximum Gasteiger partial charge on any atom is 0.225 e. The summed E-state index contributed by atoms with van der Waals surface area (Å²) in [6, 6.07) is 4.98. The summed E-state index contributed by atoms with van der Waals surface area (Å²) in [6.07, 6.45) is 0.380. The molecule has 0 spiro atoms. The summed E-state index contributed by atoms with van der Waals surface area (Å²) >= 11 is 9.74. The van der Waals surface area contributed by atoms with Gasteiger partial charge in [-0.2, -0.15) is 12.6 Å². The molecule has 0 aliphatic carbocycles. The maximum absolute atomic E-state index is 11.2. The van der Waals surface area contributed by atoms with Crippen LogP contribution in [0.1, 0.15) is 6.42 Å². The number of rotatable bonds is 3. The van der Waals surface area contributed by atoms with Crippen LogP contribution in [0, 0.1) is 0 Å². The molecule has 3 nitrogen and oxygen atoms in total. The van der Waals surface area contributed by atoms with E-state index in [-0.39, 0.29) is 5.91 Å². The van der Waals surface area contributed by atoms with Gasteiger partial charge in [0.05, 0.1) is 10.7 Å². The number of nitrogens with one attached hydrogen (secondary N) is 1. The fourth-order valence-corrected chi connectivity index (χ4v) is 1.31. The number of amides is 1. The van der Waals surface area contributed by atoms with Gasteiger partial charge in [-0.25, -0.2) is 0 Å². The number of hydrogen-bond donors (Lipinski definition) is 3. The first-order chi connectivity index (χ1) is 6.63. The number of anilines is 2. The van der Waals surface area contributed by atoms with Crippen molar-refractivity contribution in [2.75, 3.05) is 16.8 Å². The molecule has 1 aromatic rings. The molecule has 0 unspecified atom stereocenters. The highest BCUT2D eigenvalue weighted by Crippen LogP contribution is 2.22. The Balaban J connectivity index is 2.68. The number of nitrogen functional groups attached to an aromatic ring is 1. The number of nitrogens with two attached hydrogens (primary N) is 1. The molecule has 0 aliphatic heterocycles. The van der Waals surface area contributed by atoms with Gasteiger partial charge in [0.2, 0.25) is 5.91 Å². The summed E-state index contributed by atoms with van der Waals surface area (Å²) < 4.78 is 0. The van der Waals surface area contributed by atoms with Gasteiger partial charge < -0.3 is 11.1 Å². The van der Waals surface area contributed by atoms with Gasteiger partial charge in [-0.3, -0.25) is 4.79 Å². The maximum atomic E-state index is 11.2. The van der Waals surface area contributed by atoms with E-state index in [4.69, 9.17) is 17.3 Å². The average molecular weight is 231 g/mol. The molecule has 1 amide bonds. The highest BCUT2D eigenvalue weighted by Gasteiger charge is 2.02. The lowest BCUT2D eigenvalue weighted by Crippen LogP contribution is -2.11. The van der Waals surface area contributed by atoms with Crippen LogP contribution in [0.3, 0.4) is 0 Å². The minimum absolute atomic E-state index is 0.0826. The van der Waals surface area contributed by atoms with Crippen molar-refractivity contribution in [2.24, 2.45) is 0 Å². The van der Waals surface area contributed by atoms with Crippen LogP contribution in [-0.4, -0.2) is 11.7 Å². The van der Waals surface area contributed by atoms with E-state index in [1.165, 1.54) is 0 Å². The van der Waals surface area contributed by atoms with Crippen LogP contribution in [0.15, 0.2) is 18.2 Å². The van der Waals surface area contributed by atoms with E-state index in [0.29, 0.717) is 28.6 Å². The van der Waals surface area contributed by atoms with E-state index >= 15 is 0 Å². The Bertz CT molecular complexity index is 344. The fraction of sp³-hybridized carbons (Fsp3) is 0.222. The van der Waals surface area contributed by atoms with Crippen molar-refractivity contribution in [3.05, 3.63) is 23.2 Å². The second-order valence-electron chi connectivity index (χ2n) is 2.76. The van der Waals surface area contributed by atoms with Crippen molar-refractivity contribution >= 4 is 41.5 Å². The van der Waals surface area contributed by atoms with Crippen LogP contribution in [0.4, 0.5) is 11.4 Å². The summed E-state index contributed by atoms with van der Waals surface area (Å²) in [7, 11) is 0. The third-order valence-electron chi connectivity index (χ3n) is 1.62. The molecule has 0 bridgehead atoms. The van der Waals surface area contributed by atoms with Gasteiger partial charge in [0, 0.05) is 12.1 Å². The number of carbonyl (C=O) groups is 1. The van der Waals surface area contributed by atoms with Gasteiger partial charge in [0.1, 0.15) is 0 Å². The average Bonchev–Trinajstić information content (AvgIpc) is 2.12. The zero-order chi connectivity index (χ0) is 10.6. The van der Waals surface area contributed by atoms with Crippen LogP contribution in [0.25, 0.3) is 0 Å². The van der Waals surface area contributed by atoms with Crippen LogP contribution in [-0.2, 0) is 4.79 Å². The molecule has 3 N–H and O–H groups in total. The highest BCUT2D eigenvalue weighted by molar-refractivity contribution is 7.80. The van der Waals surface area contributed by atoms with Crippen molar-refractivity contribution < 1.29 is 4.79 Å². The topological polar surface area (TPSA) is 55.1 Å². The van der Waals surface area contributed by atoms with Gasteiger partial charge in [0.25, 0.3) is 0 Å². The first-order valence-electron chi connectivity index (χ1n) is 4.09. The zero-order valence-corrected chi connectivity index (χ0v) is 9.11. The Morgan fingerprint density at radius 2 is 2.29 bits per heavy atom. The van der Waals surface area contributed by atoms with Crippen LogP contribution >= 0.6 is 24.2 Å². The van der Waals surface area contributed by atoms with Crippen LogP contribution < -0.4 is 11.1 Å².